The highest BCUT2D eigenvalue weighted by molar-refractivity contribution is 7.89. The van der Waals surface area contributed by atoms with Gasteiger partial charge in [-0.1, -0.05) is 30.3 Å². The predicted octanol–water partition coefficient (Wildman–Crippen LogP) is 1.96. The van der Waals surface area contributed by atoms with E-state index in [1.807, 2.05) is 42.3 Å². The van der Waals surface area contributed by atoms with Crippen LogP contribution in [-0.4, -0.2) is 69.0 Å². The molecule has 0 unspecified atom stereocenters. The van der Waals surface area contributed by atoms with Crippen LogP contribution in [0.15, 0.2) is 53.4 Å². The molecule has 1 fully saturated rings. The van der Waals surface area contributed by atoms with E-state index < -0.39 is 16.0 Å². The van der Waals surface area contributed by atoms with Crippen LogP contribution in [0.25, 0.3) is 0 Å². The lowest BCUT2D eigenvalue weighted by Gasteiger charge is -2.35. The summed E-state index contributed by atoms with van der Waals surface area (Å²) in [7, 11) is -0.331. The van der Waals surface area contributed by atoms with E-state index in [1.165, 1.54) is 23.5 Å². The molecule has 0 bridgehead atoms. The number of nitrogens with zero attached hydrogens (tertiary/aromatic N) is 3. The second-order valence-corrected chi connectivity index (χ2v) is 9.04. The smallest absolute Gasteiger partial charge is 0.335 e. The molecule has 1 aliphatic heterocycles. The second kappa shape index (κ2) is 8.30. The molecule has 1 heterocycles. The van der Waals surface area contributed by atoms with Crippen molar-refractivity contribution in [2.45, 2.75) is 11.4 Å². The maximum atomic E-state index is 13.3. The number of aromatic carboxylic acids is 1. The zero-order valence-electron chi connectivity index (χ0n) is 16.1. The molecule has 0 radical (unpaired) electrons. The molecule has 1 saturated heterocycles. The predicted molar refractivity (Wildman–Crippen MR) is 108 cm³/mol. The topological polar surface area (TPSA) is 81.2 Å². The molecule has 0 aliphatic carbocycles. The Bertz CT molecular complexity index is 939. The maximum absolute atomic E-state index is 13.3. The minimum absolute atomic E-state index is 0.0374. The first kappa shape index (κ1) is 20.3. The van der Waals surface area contributed by atoms with Crippen LogP contribution < -0.4 is 4.90 Å². The fraction of sp³-hybridized carbons (Fsp3) is 0.350. The van der Waals surface area contributed by atoms with E-state index in [2.05, 4.69) is 4.90 Å². The number of carbonyl (C=O) groups is 1. The van der Waals surface area contributed by atoms with Gasteiger partial charge < -0.3 is 14.9 Å². The van der Waals surface area contributed by atoms with Crippen LogP contribution in [0.5, 0.6) is 0 Å². The first-order chi connectivity index (χ1) is 13.3. The molecule has 7 nitrogen and oxygen atoms in total. The van der Waals surface area contributed by atoms with Crippen LogP contribution in [-0.2, 0) is 16.6 Å². The average molecular weight is 404 g/mol. The molecule has 0 saturated carbocycles. The van der Waals surface area contributed by atoms with Crippen LogP contribution >= 0.6 is 0 Å². The standard InChI is InChI=1S/C20H25N3O4S/c1-21-10-12-23(13-11-21)18-9-8-17(20(24)25)14-19(18)28(26,27)22(2)15-16-6-4-3-5-7-16/h3-9,14H,10-13,15H2,1-2H3,(H,24,25). The summed E-state index contributed by atoms with van der Waals surface area (Å²) < 4.78 is 27.9. The van der Waals surface area contributed by atoms with Crippen molar-refractivity contribution < 1.29 is 18.3 Å². The Labute approximate surface area is 165 Å². The third-order valence-electron chi connectivity index (χ3n) is 4.99. The van der Waals surface area contributed by atoms with Crippen LogP contribution in [0.2, 0.25) is 0 Å². The number of carboxylic acid groups (broad SMARTS) is 1. The summed E-state index contributed by atoms with van der Waals surface area (Å²) in [5.41, 5.74) is 1.38. The van der Waals surface area contributed by atoms with Gasteiger partial charge in [0.05, 0.1) is 11.3 Å². The van der Waals surface area contributed by atoms with Crippen molar-refractivity contribution in [3.05, 3.63) is 59.7 Å². The summed E-state index contributed by atoms with van der Waals surface area (Å²) in [5.74, 6) is -1.15. The summed E-state index contributed by atoms with van der Waals surface area (Å²) in [6.07, 6.45) is 0. The quantitative estimate of drug-likeness (QED) is 0.794. The molecule has 8 heteroatoms. The number of benzene rings is 2. The zero-order chi connectivity index (χ0) is 20.3. The Morgan fingerprint density at radius 3 is 2.32 bits per heavy atom. The van der Waals surface area contributed by atoms with Gasteiger partial charge in [0.25, 0.3) is 0 Å². The highest BCUT2D eigenvalue weighted by atomic mass is 32.2. The molecule has 3 rings (SSSR count). The minimum atomic E-state index is -3.87. The third kappa shape index (κ3) is 4.35. The van der Waals surface area contributed by atoms with Crippen molar-refractivity contribution in [1.82, 2.24) is 9.21 Å². The summed E-state index contributed by atoms with van der Waals surface area (Å²) >= 11 is 0. The van der Waals surface area contributed by atoms with Gasteiger partial charge in [-0.15, -0.1) is 0 Å². The lowest BCUT2D eigenvalue weighted by molar-refractivity contribution is 0.0696. The monoisotopic (exact) mass is 403 g/mol. The normalized spacial score (nSPS) is 15.8. The molecule has 0 amide bonds. The van der Waals surface area contributed by atoms with E-state index in [9.17, 15) is 18.3 Å². The second-order valence-electron chi connectivity index (χ2n) is 7.02. The van der Waals surface area contributed by atoms with Crippen LogP contribution in [0, 0.1) is 0 Å². The van der Waals surface area contributed by atoms with Gasteiger partial charge in [-0.3, -0.25) is 0 Å². The number of sulfonamides is 1. The molecule has 0 spiro atoms. The summed E-state index contributed by atoms with van der Waals surface area (Å²) in [4.78, 5) is 15.7. The van der Waals surface area contributed by atoms with Crippen molar-refractivity contribution in [2.75, 3.05) is 45.2 Å². The number of likely N-dealkylation sites (N-methyl/N-ethyl adjacent to an activating group) is 1. The molecule has 0 aromatic heterocycles. The molecular weight excluding hydrogens is 378 g/mol. The first-order valence-corrected chi connectivity index (χ1v) is 10.5. The van der Waals surface area contributed by atoms with E-state index in [4.69, 9.17) is 0 Å². The van der Waals surface area contributed by atoms with Crippen LogP contribution in [0.4, 0.5) is 5.69 Å². The van der Waals surface area contributed by atoms with Crippen molar-refractivity contribution >= 4 is 21.7 Å². The Morgan fingerprint density at radius 1 is 1.07 bits per heavy atom. The van der Waals surface area contributed by atoms with Crippen molar-refractivity contribution in [2.24, 2.45) is 0 Å². The average Bonchev–Trinajstić information content (AvgIpc) is 2.69. The van der Waals surface area contributed by atoms with Crippen LogP contribution in [0.3, 0.4) is 0 Å². The Balaban J connectivity index is 1.99. The molecule has 2 aromatic carbocycles. The highest BCUT2D eigenvalue weighted by Gasteiger charge is 2.28. The molecule has 0 atom stereocenters. The first-order valence-electron chi connectivity index (χ1n) is 9.10. The van der Waals surface area contributed by atoms with E-state index in [-0.39, 0.29) is 17.0 Å². The van der Waals surface area contributed by atoms with Gasteiger partial charge in [0.1, 0.15) is 4.90 Å². The Kier molecular flexibility index (Phi) is 6.02. The van der Waals surface area contributed by atoms with Gasteiger partial charge in [-0.2, -0.15) is 4.31 Å². The number of rotatable bonds is 6. The fourth-order valence-corrected chi connectivity index (χ4v) is 4.65. The largest absolute Gasteiger partial charge is 0.478 e. The lowest BCUT2D eigenvalue weighted by Crippen LogP contribution is -2.45. The van der Waals surface area contributed by atoms with E-state index in [1.54, 1.807) is 6.07 Å². The molecule has 150 valence electrons. The van der Waals surface area contributed by atoms with Gasteiger partial charge in [0.2, 0.25) is 10.0 Å². The summed E-state index contributed by atoms with van der Waals surface area (Å²) in [6, 6.07) is 13.7. The highest BCUT2D eigenvalue weighted by Crippen LogP contribution is 2.30. The van der Waals surface area contributed by atoms with Gasteiger partial charge >= 0.3 is 5.97 Å². The van der Waals surface area contributed by atoms with E-state index in [0.717, 1.165) is 18.7 Å². The summed E-state index contributed by atoms with van der Waals surface area (Å²) in [5, 5.41) is 9.36. The summed E-state index contributed by atoms with van der Waals surface area (Å²) in [6.45, 7) is 3.23. The third-order valence-corrected chi connectivity index (χ3v) is 6.82. The van der Waals surface area contributed by atoms with Gasteiger partial charge in [-0.05, 0) is 30.8 Å². The molecule has 1 N–H and O–H groups in total. The maximum Gasteiger partial charge on any atom is 0.335 e. The zero-order valence-corrected chi connectivity index (χ0v) is 16.9. The molecule has 28 heavy (non-hydrogen) atoms. The Hall–Kier alpha value is -2.42. The SMILES string of the molecule is CN1CCN(c2ccc(C(=O)O)cc2S(=O)(=O)N(C)Cc2ccccc2)CC1. The number of anilines is 1. The number of carboxylic acids is 1. The van der Waals surface area contributed by atoms with Gasteiger partial charge in [0, 0.05) is 39.8 Å². The molecule has 1 aliphatic rings. The van der Waals surface area contributed by atoms with Gasteiger partial charge in [0.15, 0.2) is 0 Å². The van der Waals surface area contributed by atoms with E-state index >= 15 is 0 Å². The number of hydrogen-bond donors (Lipinski definition) is 1. The van der Waals surface area contributed by atoms with Crippen molar-refractivity contribution in [1.29, 1.82) is 0 Å². The lowest BCUT2D eigenvalue weighted by atomic mass is 10.2. The number of piperazine rings is 1. The van der Waals surface area contributed by atoms with E-state index in [0.29, 0.717) is 18.8 Å². The molecule has 2 aromatic rings. The molecular formula is C20H25N3O4S. The Morgan fingerprint density at radius 2 is 1.71 bits per heavy atom. The van der Waals surface area contributed by atoms with Gasteiger partial charge in [-0.25, -0.2) is 13.2 Å². The van der Waals surface area contributed by atoms with Crippen molar-refractivity contribution in [3.8, 4) is 0 Å². The minimum Gasteiger partial charge on any atom is -0.478 e. The van der Waals surface area contributed by atoms with Crippen LogP contribution in [0.1, 0.15) is 15.9 Å². The van der Waals surface area contributed by atoms with Crippen molar-refractivity contribution in [3.63, 3.8) is 0 Å². The number of hydrogen-bond acceptors (Lipinski definition) is 5. The fourth-order valence-electron chi connectivity index (χ4n) is 3.26.